The molecule has 0 aromatic carbocycles. The average molecular weight is 267 g/mol. The first-order valence-electron chi connectivity index (χ1n) is 6.30. The third-order valence-electron chi connectivity index (χ3n) is 2.85. The molecule has 0 aliphatic rings. The third kappa shape index (κ3) is 3.56. The van der Waals surface area contributed by atoms with Gasteiger partial charge in [-0.25, -0.2) is 0 Å². The molecular weight excluding hydrogens is 246 g/mol. The van der Waals surface area contributed by atoms with Gasteiger partial charge in [-0.15, -0.1) is 0 Å². The summed E-state index contributed by atoms with van der Waals surface area (Å²) in [6.45, 7) is 6.51. The zero-order valence-electron chi connectivity index (χ0n) is 12.1. The molecule has 0 unspecified atom stereocenters. The van der Waals surface area contributed by atoms with Crippen molar-refractivity contribution in [2.45, 2.75) is 33.2 Å². The van der Waals surface area contributed by atoms with Gasteiger partial charge in [-0.05, 0) is 18.9 Å². The number of hydrogen-bond donors (Lipinski definition) is 0. The number of rotatable bonds is 5. The molecule has 0 aliphatic carbocycles. The van der Waals surface area contributed by atoms with E-state index in [1.54, 1.807) is 17.8 Å². The molecule has 0 saturated heterocycles. The van der Waals surface area contributed by atoms with Crippen molar-refractivity contribution in [3.05, 3.63) is 17.5 Å². The lowest BCUT2D eigenvalue weighted by Gasteiger charge is -2.15. The lowest BCUT2D eigenvalue weighted by molar-refractivity contribution is -0.141. The summed E-state index contributed by atoms with van der Waals surface area (Å²) in [5.41, 5.74) is 1.37. The second-order valence-corrected chi connectivity index (χ2v) is 4.66. The van der Waals surface area contributed by atoms with Crippen molar-refractivity contribution >= 4 is 11.9 Å². The Bertz CT molecular complexity index is 466. The number of ether oxygens (including phenoxy) is 1. The van der Waals surface area contributed by atoms with Gasteiger partial charge in [0.25, 0.3) is 5.91 Å². The van der Waals surface area contributed by atoms with Crippen LogP contribution in [0.5, 0.6) is 0 Å². The van der Waals surface area contributed by atoms with Gasteiger partial charge in [-0.2, -0.15) is 5.10 Å². The van der Waals surface area contributed by atoms with E-state index in [4.69, 9.17) is 0 Å². The molecule has 0 fully saturated rings. The summed E-state index contributed by atoms with van der Waals surface area (Å²) < 4.78 is 6.21. The molecule has 0 N–H and O–H groups in total. The molecule has 0 spiro atoms. The minimum Gasteiger partial charge on any atom is -0.468 e. The number of methoxy groups -OCH3 is 1. The van der Waals surface area contributed by atoms with E-state index >= 15 is 0 Å². The van der Waals surface area contributed by atoms with Crippen LogP contribution in [0.3, 0.4) is 0 Å². The normalized spacial score (nSPS) is 10.6. The third-order valence-corrected chi connectivity index (χ3v) is 2.85. The molecular formula is C13H21N3O3. The molecule has 0 atom stereocenters. The topological polar surface area (TPSA) is 64.4 Å². The molecule has 1 aromatic heterocycles. The molecule has 1 amide bonds. The van der Waals surface area contributed by atoms with Crippen molar-refractivity contribution in [3.63, 3.8) is 0 Å². The van der Waals surface area contributed by atoms with Crippen LogP contribution in [-0.4, -0.2) is 47.3 Å². The molecule has 0 radical (unpaired) electrons. The molecule has 1 heterocycles. The highest BCUT2D eigenvalue weighted by atomic mass is 16.5. The number of esters is 1. The van der Waals surface area contributed by atoms with Gasteiger partial charge in [0.05, 0.1) is 12.8 Å². The average Bonchev–Trinajstić information content (AvgIpc) is 2.81. The standard InChI is InChI=1S/C13H21N3O3/c1-6-16-11(7-10(14-16)9(2)3)13(18)15(4)8-12(17)19-5/h7,9H,6,8H2,1-5H3. The van der Waals surface area contributed by atoms with Crippen molar-refractivity contribution < 1.29 is 14.3 Å². The molecule has 0 aliphatic heterocycles. The zero-order chi connectivity index (χ0) is 14.6. The van der Waals surface area contributed by atoms with Crippen LogP contribution in [0.15, 0.2) is 6.07 Å². The minimum absolute atomic E-state index is 0.0682. The van der Waals surface area contributed by atoms with E-state index < -0.39 is 5.97 Å². The van der Waals surface area contributed by atoms with Gasteiger partial charge in [0.15, 0.2) is 0 Å². The Morgan fingerprint density at radius 1 is 1.47 bits per heavy atom. The lowest BCUT2D eigenvalue weighted by atomic mass is 10.1. The van der Waals surface area contributed by atoms with Crippen LogP contribution in [0.2, 0.25) is 0 Å². The molecule has 0 saturated carbocycles. The lowest BCUT2D eigenvalue weighted by Crippen LogP contribution is -2.34. The summed E-state index contributed by atoms with van der Waals surface area (Å²) in [7, 11) is 2.87. The number of nitrogens with zero attached hydrogens (tertiary/aromatic N) is 3. The van der Waals surface area contributed by atoms with E-state index in [9.17, 15) is 9.59 Å². The Balaban J connectivity index is 2.95. The molecule has 0 bridgehead atoms. The molecule has 106 valence electrons. The molecule has 1 aromatic rings. The summed E-state index contributed by atoms with van der Waals surface area (Å²) in [6, 6.07) is 1.78. The minimum atomic E-state index is -0.442. The van der Waals surface area contributed by atoms with Crippen molar-refractivity contribution in [1.82, 2.24) is 14.7 Å². The van der Waals surface area contributed by atoms with Crippen molar-refractivity contribution in [3.8, 4) is 0 Å². The van der Waals surface area contributed by atoms with Gasteiger partial charge in [0.1, 0.15) is 12.2 Å². The van der Waals surface area contributed by atoms with Crippen LogP contribution in [0.25, 0.3) is 0 Å². The fourth-order valence-electron chi connectivity index (χ4n) is 1.66. The quantitative estimate of drug-likeness (QED) is 0.754. The maximum Gasteiger partial charge on any atom is 0.325 e. The fourth-order valence-corrected chi connectivity index (χ4v) is 1.66. The second kappa shape index (κ2) is 6.36. The van der Waals surface area contributed by atoms with E-state index in [1.807, 2.05) is 20.8 Å². The van der Waals surface area contributed by atoms with Crippen molar-refractivity contribution in [2.75, 3.05) is 20.7 Å². The Kier molecular flexibility index (Phi) is 5.09. The van der Waals surface area contributed by atoms with Crippen LogP contribution in [0.4, 0.5) is 0 Å². The van der Waals surface area contributed by atoms with Crippen LogP contribution >= 0.6 is 0 Å². The summed E-state index contributed by atoms with van der Waals surface area (Å²) in [5, 5.41) is 4.38. The summed E-state index contributed by atoms with van der Waals surface area (Å²) in [5.74, 6) is -0.417. The second-order valence-electron chi connectivity index (χ2n) is 4.66. The number of hydrogen-bond acceptors (Lipinski definition) is 4. The van der Waals surface area contributed by atoms with Crippen LogP contribution in [-0.2, 0) is 16.1 Å². The number of aromatic nitrogens is 2. The summed E-state index contributed by atoms with van der Waals surface area (Å²) >= 11 is 0. The van der Waals surface area contributed by atoms with Crippen molar-refractivity contribution in [1.29, 1.82) is 0 Å². The van der Waals surface area contributed by atoms with Gasteiger partial charge >= 0.3 is 5.97 Å². The predicted octanol–water partition coefficient (Wildman–Crippen LogP) is 1.27. The monoisotopic (exact) mass is 267 g/mol. The summed E-state index contributed by atoms with van der Waals surface area (Å²) in [6.07, 6.45) is 0. The van der Waals surface area contributed by atoms with E-state index in [1.165, 1.54) is 12.0 Å². The SMILES string of the molecule is CCn1nc(C(C)C)cc1C(=O)N(C)CC(=O)OC. The Morgan fingerprint density at radius 2 is 2.11 bits per heavy atom. The first-order valence-corrected chi connectivity index (χ1v) is 6.30. The maximum absolute atomic E-state index is 12.3. The van der Waals surface area contributed by atoms with Gasteiger partial charge in [-0.1, -0.05) is 13.8 Å². The van der Waals surface area contributed by atoms with Crippen molar-refractivity contribution in [2.24, 2.45) is 0 Å². The number of aryl methyl sites for hydroxylation is 1. The van der Waals surface area contributed by atoms with Gasteiger partial charge in [0.2, 0.25) is 0 Å². The van der Waals surface area contributed by atoms with Gasteiger partial charge in [-0.3, -0.25) is 14.3 Å². The Labute approximate surface area is 113 Å². The predicted molar refractivity (Wildman–Crippen MR) is 71.0 cm³/mol. The van der Waals surface area contributed by atoms with Gasteiger partial charge < -0.3 is 9.64 Å². The Hall–Kier alpha value is -1.85. The molecule has 1 rings (SSSR count). The van der Waals surface area contributed by atoms with E-state index in [-0.39, 0.29) is 18.4 Å². The van der Waals surface area contributed by atoms with Crippen LogP contribution in [0, 0.1) is 0 Å². The number of carbonyl (C=O) groups is 2. The smallest absolute Gasteiger partial charge is 0.325 e. The number of carbonyl (C=O) groups excluding carboxylic acids is 2. The first kappa shape index (κ1) is 15.2. The number of amides is 1. The van der Waals surface area contributed by atoms with E-state index in [2.05, 4.69) is 9.84 Å². The van der Waals surface area contributed by atoms with Crippen LogP contribution < -0.4 is 0 Å². The number of likely N-dealkylation sites (N-methyl/N-ethyl adjacent to an activating group) is 1. The highest BCUT2D eigenvalue weighted by molar-refractivity contribution is 5.94. The van der Waals surface area contributed by atoms with Gasteiger partial charge in [0, 0.05) is 13.6 Å². The molecule has 6 heteroatoms. The highest BCUT2D eigenvalue weighted by Crippen LogP contribution is 2.15. The van der Waals surface area contributed by atoms with E-state index in [0.29, 0.717) is 12.2 Å². The maximum atomic E-state index is 12.3. The van der Waals surface area contributed by atoms with E-state index in [0.717, 1.165) is 5.69 Å². The zero-order valence-corrected chi connectivity index (χ0v) is 12.1. The molecule has 19 heavy (non-hydrogen) atoms. The largest absolute Gasteiger partial charge is 0.468 e. The highest BCUT2D eigenvalue weighted by Gasteiger charge is 2.21. The Morgan fingerprint density at radius 3 is 2.58 bits per heavy atom. The fraction of sp³-hybridized carbons (Fsp3) is 0.615. The first-order chi connectivity index (χ1) is 8.90. The summed E-state index contributed by atoms with van der Waals surface area (Å²) in [4.78, 5) is 24.8. The van der Waals surface area contributed by atoms with Crippen LogP contribution in [0.1, 0.15) is 42.9 Å². The molecule has 6 nitrogen and oxygen atoms in total.